The smallest absolute Gasteiger partial charge is 0.337 e. The van der Waals surface area contributed by atoms with Crippen LogP contribution in [0.25, 0.3) is 0 Å². The Morgan fingerprint density at radius 3 is 2.47 bits per heavy atom. The summed E-state index contributed by atoms with van der Waals surface area (Å²) in [5, 5.41) is 2.70. The number of nitrogens with one attached hydrogen (secondary N) is 1. The van der Waals surface area contributed by atoms with Gasteiger partial charge in [0.15, 0.2) is 0 Å². The van der Waals surface area contributed by atoms with Crippen molar-refractivity contribution in [2.24, 2.45) is 11.1 Å². The Balaban J connectivity index is 2.83. The lowest BCUT2D eigenvalue weighted by Crippen LogP contribution is -2.45. The normalized spacial score (nSPS) is 12.7. The molecule has 0 fully saturated rings. The fourth-order valence-corrected chi connectivity index (χ4v) is 1.46. The maximum Gasteiger partial charge on any atom is 0.337 e. The van der Waals surface area contributed by atoms with Crippen molar-refractivity contribution in [1.29, 1.82) is 0 Å². The topological polar surface area (TPSA) is 81.4 Å². The second kappa shape index (κ2) is 5.84. The highest BCUT2D eigenvalue weighted by Crippen LogP contribution is 2.19. The molecule has 0 heterocycles. The van der Waals surface area contributed by atoms with Crippen molar-refractivity contribution in [3.63, 3.8) is 0 Å². The minimum atomic E-state index is -0.630. The molecule has 104 valence electrons. The zero-order valence-electron chi connectivity index (χ0n) is 11.7. The number of methoxy groups -OCH3 is 1. The molecule has 1 aromatic rings. The third-order valence-electron chi connectivity index (χ3n) is 2.77. The number of hydrogen-bond acceptors (Lipinski definition) is 4. The SMILES string of the molecule is COC(=O)c1cccc(NC(=O)[C@@H](N)C(C)(C)C)c1. The van der Waals surface area contributed by atoms with Crippen LogP contribution in [0.5, 0.6) is 0 Å². The lowest BCUT2D eigenvalue weighted by Gasteiger charge is -2.25. The van der Waals surface area contributed by atoms with E-state index in [1.807, 2.05) is 20.8 Å². The molecule has 0 saturated heterocycles. The summed E-state index contributed by atoms with van der Waals surface area (Å²) < 4.78 is 4.62. The molecule has 0 bridgehead atoms. The van der Waals surface area contributed by atoms with E-state index in [4.69, 9.17) is 5.73 Å². The van der Waals surface area contributed by atoms with E-state index in [0.29, 0.717) is 11.3 Å². The highest BCUT2D eigenvalue weighted by atomic mass is 16.5. The van der Waals surface area contributed by atoms with Gasteiger partial charge in [0.1, 0.15) is 0 Å². The molecular weight excluding hydrogens is 244 g/mol. The van der Waals surface area contributed by atoms with E-state index >= 15 is 0 Å². The van der Waals surface area contributed by atoms with Crippen molar-refractivity contribution >= 4 is 17.6 Å². The van der Waals surface area contributed by atoms with Gasteiger partial charge in [0, 0.05) is 5.69 Å². The third-order valence-corrected chi connectivity index (χ3v) is 2.77. The molecule has 0 unspecified atom stereocenters. The summed E-state index contributed by atoms with van der Waals surface area (Å²) >= 11 is 0. The molecule has 1 amide bonds. The monoisotopic (exact) mass is 264 g/mol. The van der Waals surface area contributed by atoms with E-state index < -0.39 is 12.0 Å². The molecular formula is C14H20N2O3. The summed E-state index contributed by atoms with van der Waals surface area (Å²) in [6.45, 7) is 5.67. The van der Waals surface area contributed by atoms with E-state index in [1.54, 1.807) is 24.3 Å². The number of benzene rings is 1. The largest absolute Gasteiger partial charge is 0.465 e. The highest BCUT2D eigenvalue weighted by molar-refractivity contribution is 5.97. The lowest BCUT2D eigenvalue weighted by atomic mass is 9.87. The summed E-state index contributed by atoms with van der Waals surface area (Å²) in [5.74, 6) is -0.731. The van der Waals surface area contributed by atoms with Crippen molar-refractivity contribution < 1.29 is 14.3 Å². The number of anilines is 1. The Kier molecular flexibility index (Phi) is 4.67. The zero-order chi connectivity index (χ0) is 14.6. The van der Waals surface area contributed by atoms with Crippen molar-refractivity contribution in [3.05, 3.63) is 29.8 Å². The average molecular weight is 264 g/mol. The van der Waals surface area contributed by atoms with Gasteiger partial charge in [-0.05, 0) is 23.6 Å². The van der Waals surface area contributed by atoms with Gasteiger partial charge in [-0.15, -0.1) is 0 Å². The third kappa shape index (κ3) is 4.06. The average Bonchev–Trinajstić information content (AvgIpc) is 2.36. The standard InChI is InChI=1S/C14H20N2O3/c1-14(2,3)11(15)12(17)16-10-7-5-6-9(8-10)13(18)19-4/h5-8,11H,15H2,1-4H3,(H,16,17)/t11-/m1/s1. The highest BCUT2D eigenvalue weighted by Gasteiger charge is 2.27. The minimum absolute atomic E-state index is 0.283. The Bertz CT molecular complexity index is 478. The fraction of sp³-hybridized carbons (Fsp3) is 0.429. The molecule has 0 aromatic heterocycles. The zero-order valence-corrected chi connectivity index (χ0v) is 11.7. The van der Waals surface area contributed by atoms with Crippen LogP contribution in [0.4, 0.5) is 5.69 Å². The van der Waals surface area contributed by atoms with E-state index in [2.05, 4.69) is 10.1 Å². The van der Waals surface area contributed by atoms with Crippen LogP contribution in [0.3, 0.4) is 0 Å². The summed E-state index contributed by atoms with van der Waals surface area (Å²) in [5.41, 5.74) is 6.43. The molecule has 1 rings (SSSR count). The molecule has 5 nitrogen and oxygen atoms in total. The van der Waals surface area contributed by atoms with Crippen molar-refractivity contribution in [1.82, 2.24) is 0 Å². The maximum atomic E-state index is 12.0. The molecule has 0 aliphatic rings. The van der Waals surface area contributed by atoms with E-state index in [9.17, 15) is 9.59 Å². The van der Waals surface area contributed by atoms with Crippen LogP contribution in [0, 0.1) is 5.41 Å². The first-order valence-corrected chi connectivity index (χ1v) is 6.00. The molecule has 1 aromatic carbocycles. The molecule has 0 aliphatic carbocycles. The van der Waals surface area contributed by atoms with Crippen LogP contribution in [-0.4, -0.2) is 25.0 Å². The number of amides is 1. The first kappa shape index (κ1) is 15.2. The lowest BCUT2D eigenvalue weighted by molar-refractivity contribution is -0.119. The summed E-state index contributed by atoms with van der Waals surface area (Å²) in [4.78, 5) is 23.3. The quantitative estimate of drug-likeness (QED) is 0.815. The van der Waals surface area contributed by atoms with Gasteiger partial charge >= 0.3 is 5.97 Å². The first-order chi connectivity index (χ1) is 8.75. The second-order valence-electron chi connectivity index (χ2n) is 5.41. The Labute approximate surface area is 113 Å². The molecule has 5 heteroatoms. The molecule has 0 saturated carbocycles. The van der Waals surface area contributed by atoms with Gasteiger partial charge in [0.2, 0.25) is 5.91 Å². The van der Waals surface area contributed by atoms with Crippen LogP contribution in [0.2, 0.25) is 0 Å². The predicted octanol–water partition coefficient (Wildman–Crippen LogP) is 1.79. The second-order valence-corrected chi connectivity index (χ2v) is 5.41. The maximum absolute atomic E-state index is 12.0. The van der Waals surface area contributed by atoms with Crippen LogP contribution >= 0.6 is 0 Å². The molecule has 3 N–H and O–H groups in total. The predicted molar refractivity (Wildman–Crippen MR) is 73.8 cm³/mol. The van der Waals surface area contributed by atoms with Gasteiger partial charge in [-0.2, -0.15) is 0 Å². The first-order valence-electron chi connectivity index (χ1n) is 6.00. The van der Waals surface area contributed by atoms with Gasteiger partial charge in [-0.3, -0.25) is 4.79 Å². The van der Waals surface area contributed by atoms with Crippen molar-refractivity contribution in [3.8, 4) is 0 Å². The number of rotatable bonds is 3. The number of nitrogens with two attached hydrogens (primary N) is 1. The van der Waals surface area contributed by atoms with E-state index in [-0.39, 0.29) is 11.3 Å². The van der Waals surface area contributed by atoms with Gasteiger partial charge in [-0.25, -0.2) is 4.79 Å². The van der Waals surface area contributed by atoms with Crippen LogP contribution < -0.4 is 11.1 Å². The number of carbonyl (C=O) groups is 2. The fourth-order valence-electron chi connectivity index (χ4n) is 1.46. The van der Waals surface area contributed by atoms with Crippen LogP contribution in [0.15, 0.2) is 24.3 Å². The van der Waals surface area contributed by atoms with Crippen molar-refractivity contribution in [2.45, 2.75) is 26.8 Å². The molecule has 19 heavy (non-hydrogen) atoms. The Morgan fingerprint density at radius 1 is 1.32 bits per heavy atom. The number of hydrogen-bond donors (Lipinski definition) is 2. The molecule has 0 spiro atoms. The minimum Gasteiger partial charge on any atom is -0.465 e. The molecule has 0 aliphatic heterocycles. The van der Waals surface area contributed by atoms with Gasteiger partial charge in [-0.1, -0.05) is 26.8 Å². The molecule has 0 radical (unpaired) electrons. The summed E-state index contributed by atoms with van der Waals surface area (Å²) in [6, 6.07) is 5.91. The number of ether oxygens (including phenoxy) is 1. The van der Waals surface area contributed by atoms with E-state index in [0.717, 1.165) is 0 Å². The summed E-state index contributed by atoms with van der Waals surface area (Å²) in [6.07, 6.45) is 0. The van der Waals surface area contributed by atoms with Crippen molar-refractivity contribution in [2.75, 3.05) is 12.4 Å². The van der Waals surface area contributed by atoms with E-state index in [1.165, 1.54) is 7.11 Å². The Hall–Kier alpha value is -1.88. The van der Waals surface area contributed by atoms with Crippen LogP contribution in [0.1, 0.15) is 31.1 Å². The molecule has 1 atom stereocenters. The van der Waals surface area contributed by atoms with Crippen LogP contribution in [-0.2, 0) is 9.53 Å². The number of esters is 1. The van der Waals surface area contributed by atoms with Gasteiger partial charge < -0.3 is 15.8 Å². The van der Waals surface area contributed by atoms with Gasteiger partial charge in [0.05, 0.1) is 18.7 Å². The van der Waals surface area contributed by atoms with Gasteiger partial charge in [0.25, 0.3) is 0 Å². The Morgan fingerprint density at radius 2 is 1.95 bits per heavy atom. The summed E-state index contributed by atoms with van der Waals surface area (Å²) in [7, 11) is 1.31. The number of carbonyl (C=O) groups excluding carboxylic acids is 2.